The van der Waals surface area contributed by atoms with Crippen LogP contribution < -0.4 is 0 Å². The van der Waals surface area contributed by atoms with Crippen LogP contribution in [0.3, 0.4) is 0 Å². The molecule has 0 rings (SSSR count). The van der Waals surface area contributed by atoms with Crippen molar-refractivity contribution in [2.75, 3.05) is 0 Å². The Morgan fingerprint density at radius 3 is 2.50 bits per heavy atom. The number of rotatable bonds is 3. The summed E-state index contributed by atoms with van der Waals surface area (Å²) in [7, 11) is 0. The van der Waals surface area contributed by atoms with Crippen molar-refractivity contribution in [2.24, 2.45) is 5.92 Å². The van der Waals surface area contributed by atoms with E-state index in [1.54, 1.807) is 0 Å². The molecule has 1 atom stereocenters. The van der Waals surface area contributed by atoms with Gasteiger partial charge in [-0.2, -0.15) is 0 Å². The first-order valence-electron chi connectivity index (χ1n) is 2.68. The fourth-order valence-electron chi connectivity index (χ4n) is 0.370. The molecule has 8 heavy (non-hydrogen) atoms. The molecule has 1 N–H and O–H groups in total. The first-order valence-corrected chi connectivity index (χ1v) is 2.68. The summed E-state index contributed by atoms with van der Waals surface area (Å²) < 4.78 is 0. The number of hydrogen-bond acceptors (Lipinski definition) is 1. The Labute approximate surface area is 49.5 Å². The van der Waals surface area contributed by atoms with Gasteiger partial charge in [0.25, 0.3) is 0 Å². The van der Waals surface area contributed by atoms with E-state index in [4.69, 9.17) is 5.11 Å². The predicted molar refractivity (Wildman–Crippen MR) is 31.4 cm³/mol. The average Bonchev–Trinajstić information content (AvgIpc) is 1.61. The van der Waals surface area contributed by atoms with Crippen LogP contribution in [0.5, 0.6) is 0 Å². The Morgan fingerprint density at radius 1 is 1.88 bits per heavy atom. The summed E-state index contributed by atoms with van der Waals surface area (Å²) in [5.41, 5.74) is 0. The monoisotopic (exact) mass is 115 g/mol. The van der Waals surface area contributed by atoms with Crippen LogP contribution in [-0.2, 0) is 4.79 Å². The summed E-state index contributed by atoms with van der Waals surface area (Å²) in [6, 6.07) is 0. The standard InChI is InChI=1S/C6H11O2/c1-5(2)3-4-6(7)8/h5H,1,3-4H2,2H3,(H,7,8). The summed E-state index contributed by atoms with van der Waals surface area (Å²) in [5.74, 6) is -0.480. The lowest BCUT2D eigenvalue weighted by Gasteiger charge is -1.97. The minimum absolute atomic E-state index is 0.241. The summed E-state index contributed by atoms with van der Waals surface area (Å²) >= 11 is 0. The topological polar surface area (TPSA) is 37.3 Å². The van der Waals surface area contributed by atoms with Crippen molar-refractivity contribution in [3.63, 3.8) is 0 Å². The lowest BCUT2D eigenvalue weighted by molar-refractivity contribution is -0.137. The van der Waals surface area contributed by atoms with Crippen LogP contribution in [0.2, 0.25) is 0 Å². The van der Waals surface area contributed by atoms with E-state index in [0.29, 0.717) is 6.42 Å². The molecular formula is C6H11O2. The smallest absolute Gasteiger partial charge is 0.303 e. The molecule has 0 aliphatic carbocycles. The molecule has 0 spiro atoms. The van der Waals surface area contributed by atoms with Crippen LogP contribution in [0, 0.1) is 12.8 Å². The summed E-state index contributed by atoms with van der Waals surface area (Å²) in [5, 5.41) is 8.13. The summed E-state index contributed by atoms with van der Waals surface area (Å²) in [6.45, 7) is 5.55. The van der Waals surface area contributed by atoms with Gasteiger partial charge in [-0.15, -0.1) is 0 Å². The van der Waals surface area contributed by atoms with Crippen molar-refractivity contribution in [1.29, 1.82) is 0 Å². The van der Waals surface area contributed by atoms with Crippen molar-refractivity contribution in [2.45, 2.75) is 19.8 Å². The van der Waals surface area contributed by atoms with E-state index >= 15 is 0 Å². The van der Waals surface area contributed by atoms with E-state index in [2.05, 4.69) is 6.92 Å². The van der Waals surface area contributed by atoms with Crippen LogP contribution in [-0.4, -0.2) is 11.1 Å². The van der Waals surface area contributed by atoms with Crippen LogP contribution in [0.25, 0.3) is 0 Å². The van der Waals surface area contributed by atoms with Crippen LogP contribution in [0.15, 0.2) is 0 Å². The third-order valence-electron chi connectivity index (χ3n) is 0.851. The SMILES string of the molecule is [CH2]C(C)CCC(=O)O. The second-order valence-electron chi connectivity index (χ2n) is 2.04. The Morgan fingerprint density at radius 2 is 2.38 bits per heavy atom. The lowest BCUT2D eigenvalue weighted by Crippen LogP contribution is -1.97. The Kier molecular flexibility index (Phi) is 3.24. The van der Waals surface area contributed by atoms with Gasteiger partial charge >= 0.3 is 5.97 Å². The second kappa shape index (κ2) is 3.47. The second-order valence-corrected chi connectivity index (χ2v) is 2.04. The van der Waals surface area contributed by atoms with Gasteiger partial charge in [0.15, 0.2) is 0 Å². The maximum absolute atomic E-state index is 9.88. The summed E-state index contributed by atoms with van der Waals surface area (Å²) in [4.78, 5) is 9.88. The summed E-state index contributed by atoms with van der Waals surface area (Å²) in [6.07, 6.45) is 0.917. The van der Waals surface area contributed by atoms with Crippen molar-refractivity contribution in [3.8, 4) is 0 Å². The van der Waals surface area contributed by atoms with Gasteiger partial charge in [0.2, 0.25) is 0 Å². The molecule has 0 fully saturated rings. The van der Waals surface area contributed by atoms with Gasteiger partial charge in [-0.25, -0.2) is 0 Å². The zero-order valence-electron chi connectivity index (χ0n) is 5.05. The predicted octanol–water partition coefficient (Wildman–Crippen LogP) is 1.32. The Balaban J connectivity index is 3.05. The molecule has 0 aliphatic rings. The number of hydrogen-bond donors (Lipinski definition) is 1. The highest BCUT2D eigenvalue weighted by molar-refractivity contribution is 5.66. The largest absolute Gasteiger partial charge is 0.481 e. The van der Waals surface area contributed by atoms with Crippen LogP contribution >= 0.6 is 0 Å². The van der Waals surface area contributed by atoms with Crippen LogP contribution in [0.1, 0.15) is 19.8 Å². The third kappa shape index (κ3) is 5.47. The van der Waals surface area contributed by atoms with Crippen LogP contribution in [0.4, 0.5) is 0 Å². The highest BCUT2D eigenvalue weighted by Gasteiger charge is 1.98. The minimum Gasteiger partial charge on any atom is -0.481 e. The van der Waals surface area contributed by atoms with Gasteiger partial charge < -0.3 is 5.11 Å². The van der Waals surface area contributed by atoms with Gasteiger partial charge in [-0.1, -0.05) is 13.8 Å². The quantitative estimate of drug-likeness (QED) is 0.602. The zero-order chi connectivity index (χ0) is 6.57. The highest BCUT2D eigenvalue weighted by Crippen LogP contribution is 2.01. The molecule has 47 valence electrons. The number of aliphatic carboxylic acids is 1. The van der Waals surface area contributed by atoms with Gasteiger partial charge in [0.05, 0.1) is 0 Å². The fraction of sp³-hybridized carbons (Fsp3) is 0.667. The van der Waals surface area contributed by atoms with Gasteiger partial charge in [0.1, 0.15) is 0 Å². The van der Waals surface area contributed by atoms with E-state index in [1.807, 2.05) is 6.92 Å². The lowest BCUT2D eigenvalue weighted by atomic mass is 10.1. The molecule has 0 saturated heterocycles. The zero-order valence-corrected chi connectivity index (χ0v) is 5.05. The van der Waals surface area contributed by atoms with Gasteiger partial charge in [-0.3, -0.25) is 4.79 Å². The molecule has 0 saturated carbocycles. The highest BCUT2D eigenvalue weighted by atomic mass is 16.4. The van der Waals surface area contributed by atoms with E-state index in [-0.39, 0.29) is 12.3 Å². The van der Waals surface area contributed by atoms with Gasteiger partial charge in [0, 0.05) is 6.42 Å². The van der Waals surface area contributed by atoms with Crippen molar-refractivity contribution in [1.82, 2.24) is 0 Å². The molecule has 0 aliphatic heterocycles. The normalized spacial score (nSPS) is 9.88. The Bertz CT molecular complexity index is 76.6. The van der Waals surface area contributed by atoms with E-state index in [1.165, 1.54) is 0 Å². The van der Waals surface area contributed by atoms with Crippen molar-refractivity contribution >= 4 is 5.97 Å². The Hall–Kier alpha value is -0.530. The fourth-order valence-corrected chi connectivity index (χ4v) is 0.370. The van der Waals surface area contributed by atoms with E-state index < -0.39 is 5.97 Å². The molecular weight excluding hydrogens is 104 g/mol. The molecule has 0 heterocycles. The molecule has 0 bridgehead atoms. The molecule has 0 aromatic heterocycles. The van der Waals surface area contributed by atoms with Gasteiger partial charge in [-0.05, 0) is 12.3 Å². The molecule has 2 heteroatoms. The number of carboxylic acids is 1. The minimum atomic E-state index is -0.736. The molecule has 1 radical (unpaired) electrons. The molecule has 0 aromatic rings. The average molecular weight is 115 g/mol. The van der Waals surface area contributed by atoms with E-state index in [9.17, 15) is 4.79 Å². The molecule has 0 amide bonds. The first-order chi connectivity index (χ1) is 3.63. The van der Waals surface area contributed by atoms with Crippen molar-refractivity contribution in [3.05, 3.63) is 6.92 Å². The number of carbonyl (C=O) groups is 1. The first kappa shape index (κ1) is 7.47. The third-order valence-corrected chi connectivity index (χ3v) is 0.851. The molecule has 1 unspecified atom stereocenters. The number of carboxylic acid groups (broad SMARTS) is 1. The molecule has 0 aromatic carbocycles. The maximum Gasteiger partial charge on any atom is 0.303 e. The molecule has 2 nitrogen and oxygen atoms in total. The van der Waals surface area contributed by atoms with E-state index in [0.717, 1.165) is 0 Å². The maximum atomic E-state index is 9.88. The van der Waals surface area contributed by atoms with Crippen molar-refractivity contribution < 1.29 is 9.90 Å².